The van der Waals surface area contributed by atoms with Crippen molar-refractivity contribution in [2.45, 2.75) is 218 Å². The standard InChI is InChI=1S/C56H88O24/c1-10-24(2)47(72)80-45-28(21-73-25(3)61)56(23-60)27(17-51(45,4)5)26-11-12-32-52(6)15-14-34(53(7,22-59)31(52)13-16-54(32,8)55(26,9)18-33(56)62)76-50-43(78-49-40(68)38(66)36(64)30(20-58)75-49)41(69)42(44(79-50)46(70)71)77-48-39(67)37(65)35(63)29(19-57)74-48/h10-11,27-45,48-50,57-60,62-69H,12-23H2,1-9H3,(H,70,71)/b24-10-/t27?,28?,29?,30?,31?,32?,33-,34+,35-,36-,37?,38?,39?,40?,41?,42+,43?,44?,45+,48+,49+,50-,52+,53-,54-,55-,56-/m1/s1. The van der Waals surface area contributed by atoms with Crippen LogP contribution in [0.15, 0.2) is 23.3 Å². The SMILES string of the molecule is C/C=C(/C)C(=O)O[C@H]1C(COC(C)=O)[C@@]2(CO)C(CC1(C)C)C1=CCC3[C@@]4(C)CC[C@H](O[C@@H]5OC(C(=O)O)[C@@H](O[C@@H]6OC(CO)[C@@H](O)C(O)C6O)C(O)C5O[C@@H]5OC(CO)[C@@H](O)C(O)C5O)[C@](C)(CO)C4CC[C@@]3(C)[C@]1(C)C[C@H]2O. The molecule has 0 bridgehead atoms. The van der Waals surface area contributed by atoms with Crippen LogP contribution in [0, 0.1) is 56.2 Å². The number of aliphatic hydroxyl groups excluding tert-OH is 12. The molecule has 4 saturated carbocycles. The fourth-order valence-corrected chi connectivity index (χ4v) is 16.6. The quantitative estimate of drug-likeness (QED) is 0.0402. The summed E-state index contributed by atoms with van der Waals surface area (Å²) < 4.78 is 47.9. The molecule has 3 saturated heterocycles. The van der Waals surface area contributed by atoms with E-state index in [0.29, 0.717) is 37.7 Å². The van der Waals surface area contributed by atoms with Gasteiger partial charge in [-0.05, 0) is 92.8 Å². The molecule has 5 aliphatic carbocycles. The number of allylic oxidation sites excluding steroid dienone is 3. The van der Waals surface area contributed by atoms with E-state index in [1.165, 1.54) is 6.92 Å². The van der Waals surface area contributed by atoms with Crippen molar-refractivity contribution in [2.75, 3.05) is 33.0 Å². The molecule has 24 heteroatoms. The Hall–Kier alpha value is -2.83. The second-order valence-electron chi connectivity index (χ2n) is 25.9. The highest BCUT2D eigenvalue weighted by Gasteiger charge is 2.73. The van der Waals surface area contributed by atoms with Gasteiger partial charge < -0.3 is 104 Å². The third kappa shape index (κ3) is 10.1. The summed E-state index contributed by atoms with van der Waals surface area (Å²) in [7, 11) is 0. The van der Waals surface area contributed by atoms with Crippen LogP contribution in [0.5, 0.6) is 0 Å². The van der Waals surface area contributed by atoms with Gasteiger partial charge in [-0.2, -0.15) is 0 Å². The monoisotopic (exact) mass is 1140 g/mol. The van der Waals surface area contributed by atoms with Crippen LogP contribution in [-0.4, -0.2) is 228 Å². The highest BCUT2D eigenvalue weighted by atomic mass is 16.8. The molecule has 0 amide bonds. The first-order valence-corrected chi connectivity index (χ1v) is 28.1. The Bertz CT molecular complexity index is 2310. The smallest absolute Gasteiger partial charge is 0.335 e. The summed E-state index contributed by atoms with van der Waals surface area (Å²) in [4.78, 5) is 39.1. The Morgan fingerprint density at radius 2 is 1.27 bits per heavy atom. The summed E-state index contributed by atoms with van der Waals surface area (Å²) in [5.41, 5.74) is -3.36. The van der Waals surface area contributed by atoms with E-state index in [1.807, 2.05) is 20.8 Å². The zero-order valence-electron chi connectivity index (χ0n) is 47.1. The molecule has 3 heterocycles. The number of hydrogen-bond donors (Lipinski definition) is 13. The molecule has 0 aromatic rings. The summed E-state index contributed by atoms with van der Waals surface area (Å²) in [5, 5.41) is 143. The first-order chi connectivity index (χ1) is 37.4. The van der Waals surface area contributed by atoms with E-state index in [1.54, 1.807) is 19.9 Å². The molecule has 456 valence electrons. The maximum Gasteiger partial charge on any atom is 0.335 e. The van der Waals surface area contributed by atoms with Crippen molar-refractivity contribution in [1.29, 1.82) is 0 Å². The molecule has 13 unspecified atom stereocenters. The molecule has 8 aliphatic rings. The number of ether oxygens (including phenoxy) is 8. The first-order valence-electron chi connectivity index (χ1n) is 28.1. The van der Waals surface area contributed by atoms with E-state index in [4.69, 9.17) is 37.9 Å². The molecule has 8 rings (SSSR count). The Kier molecular flexibility index (Phi) is 18.3. The van der Waals surface area contributed by atoms with Gasteiger partial charge in [0.1, 0.15) is 73.2 Å². The lowest BCUT2D eigenvalue weighted by Gasteiger charge is -2.73. The van der Waals surface area contributed by atoms with Gasteiger partial charge in [0.05, 0.1) is 45.2 Å². The Labute approximate surface area is 465 Å². The van der Waals surface area contributed by atoms with Gasteiger partial charge in [-0.1, -0.05) is 59.3 Å². The average molecular weight is 1150 g/mol. The van der Waals surface area contributed by atoms with Crippen LogP contribution in [0.4, 0.5) is 0 Å². The van der Waals surface area contributed by atoms with Crippen LogP contribution in [0.2, 0.25) is 0 Å². The second-order valence-corrected chi connectivity index (χ2v) is 25.9. The van der Waals surface area contributed by atoms with Crippen molar-refractivity contribution in [3.63, 3.8) is 0 Å². The Balaban J connectivity index is 1.12. The topological polar surface area (TPSA) is 388 Å². The molecule has 0 radical (unpaired) electrons. The van der Waals surface area contributed by atoms with Gasteiger partial charge in [-0.25, -0.2) is 9.59 Å². The van der Waals surface area contributed by atoms with E-state index < -0.39 is 199 Å². The predicted molar refractivity (Wildman–Crippen MR) is 274 cm³/mol. The van der Waals surface area contributed by atoms with E-state index >= 15 is 0 Å². The molecular weight excluding hydrogens is 1060 g/mol. The largest absolute Gasteiger partial charge is 0.479 e. The lowest BCUT2D eigenvalue weighted by molar-refractivity contribution is -0.392. The Morgan fingerprint density at radius 3 is 1.80 bits per heavy atom. The molecule has 24 nitrogen and oxygen atoms in total. The van der Waals surface area contributed by atoms with Gasteiger partial charge in [0.25, 0.3) is 0 Å². The van der Waals surface area contributed by atoms with Crippen molar-refractivity contribution < 1.29 is 119 Å². The van der Waals surface area contributed by atoms with Crippen LogP contribution in [-0.2, 0) is 52.3 Å². The molecule has 80 heavy (non-hydrogen) atoms. The van der Waals surface area contributed by atoms with Gasteiger partial charge in [0.15, 0.2) is 25.0 Å². The lowest BCUT2D eigenvalue weighted by atomic mass is 9.32. The number of fused-ring (bicyclic) bond motifs is 7. The summed E-state index contributed by atoms with van der Waals surface area (Å²) in [5.74, 6) is -4.40. The number of hydrogen-bond acceptors (Lipinski definition) is 23. The molecule has 13 N–H and O–H groups in total. The number of esters is 2. The van der Waals surface area contributed by atoms with Crippen molar-refractivity contribution in [3.8, 4) is 0 Å². The molecule has 27 atom stereocenters. The zero-order chi connectivity index (χ0) is 59.1. The van der Waals surface area contributed by atoms with Crippen LogP contribution >= 0.6 is 0 Å². The van der Waals surface area contributed by atoms with Gasteiger partial charge in [0.2, 0.25) is 0 Å². The van der Waals surface area contributed by atoms with Crippen LogP contribution < -0.4 is 0 Å². The minimum Gasteiger partial charge on any atom is -0.479 e. The fraction of sp³-hybridized carbons (Fsp3) is 0.875. The number of aliphatic hydroxyl groups is 12. The number of carboxylic acids is 1. The number of carbonyl (C=O) groups excluding carboxylic acids is 2. The number of rotatable bonds is 15. The summed E-state index contributed by atoms with van der Waals surface area (Å²) >= 11 is 0. The van der Waals surface area contributed by atoms with E-state index in [2.05, 4.69) is 26.8 Å². The second kappa shape index (κ2) is 23.2. The zero-order valence-corrected chi connectivity index (χ0v) is 47.1. The van der Waals surface area contributed by atoms with E-state index in [-0.39, 0.29) is 31.3 Å². The van der Waals surface area contributed by atoms with Gasteiger partial charge in [-0.3, -0.25) is 4.79 Å². The third-order valence-electron chi connectivity index (χ3n) is 21.5. The maximum absolute atomic E-state index is 13.5. The van der Waals surface area contributed by atoms with Crippen molar-refractivity contribution >= 4 is 17.9 Å². The fourth-order valence-electron chi connectivity index (χ4n) is 16.6. The van der Waals surface area contributed by atoms with Crippen LogP contribution in [0.3, 0.4) is 0 Å². The van der Waals surface area contributed by atoms with Crippen LogP contribution in [0.25, 0.3) is 0 Å². The third-order valence-corrected chi connectivity index (χ3v) is 21.5. The van der Waals surface area contributed by atoms with E-state index in [9.17, 15) is 80.8 Å². The van der Waals surface area contributed by atoms with Crippen molar-refractivity contribution in [1.82, 2.24) is 0 Å². The Morgan fingerprint density at radius 1 is 0.688 bits per heavy atom. The van der Waals surface area contributed by atoms with Crippen molar-refractivity contribution in [3.05, 3.63) is 23.3 Å². The van der Waals surface area contributed by atoms with Crippen LogP contribution in [0.1, 0.15) is 107 Å². The molecular formula is C56H88O24. The number of carbonyl (C=O) groups is 3. The minimum absolute atomic E-state index is 0.0687. The highest BCUT2D eigenvalue weighted by molar-refractivity contribution is 5.87. The summed E-state index contributed by atoms with van der Waals surface area (Å²) in [6, 6.07) is 0. The van der Waals surface area contributed by atoms with E-state index in [0.717, 1.165) is 5.57 Å². The maximum atomic E-state index is 13.5. The minimum atomic E-state index is -2.17. The van der Waals surface area contributed by atoms with Gasteiger partial charge in [0, 0.05) is 34.7 Å². The predicted octanol–water partition coefficient (Wildman–Crippen LogP) is -1.07. The molecule has 0 aromatic carbocycles. The average Bonchev–Trinajstić information content (AvgIpc) is 3.33. The normalized spacial score (nSPS) is 50.2. The van der Waals surface area contributed by atoms with Crippen molar-refractivity contribution in [2.24, 2.45) is 56.2 Å². The number of carboxylic acid groups (broad SMARTS) is 1. The van der Waals surface area contributed by atoms with Gasteiger partial charge >= 0.3 is 17.9 Å². The molecule has 0 aromatic heterocycles. The highest BCUT2D eigenvalue weighted by Crippen LogP contribution is 2.76. The van der Waals surface area contributed by atoms with Gasteiger partial charge in [-0.15, -0.1) is 0 Å². The summed E-state index contributed by atoms with van der Waals surface area (Å²) in [6.45, 7) is 14.3. The molecule has 7 fully saturated rings. The lowest BCUT2D eigenvalue weighted by Crippen LogP contribution is -2.71. The first kappa shape index (κ1) is 63.2. The number of aliphatic carboxylic acids is 1. The molecule has 3 aliphatic heterocycles. The molecule has 0 spiro atoms. The summed E-state index contributed by atoms with van der Waals surface area (Å²) in [6.07, 6.45) is -24.7.